The van der Waals surface area contributed by atoms with E-state index >= 15 is 0 Å². The van der Waals surface area contributed by atoms with Gasteiger partial charge < -0.3 is 10.2 Å². The highest BCUT2D eigenvalue weighted by molar-refractivity contribution is 6.10. The average Bonchev–Trinajstić information content (AvgIpc) is 2.35. The summed E-state index contributed by atoms with van der Waals surface area (Å²) < 4.78 is 0. The van der Waals surface area contributed by atoms with E-state index in [4.69, 9.17) is 0 Å². The molecular weight excluding hydrogens is 224 g/mol. The molecule has 2 N–H and O–H groups in total. The van der Waals surface area contributed by atoms with Crippen molar-refractivity contribution in [3.63, 3.8) is 0 Å². The molecule has 0 atom stereocenters. The zero-order chi connectivity index (χ0) is 12.9. The fourth-order valence-corrected chi connectivity index (χ4v) is 2.41. The number of benzene rings is 3. The van der Waals surface area contributed by atoms with Crippen LogP contribution in [0.4, 0.5) is 0 Å². The summed E-state index contributed by atoms with van der Waals surface area (Å²) in [5.41, 5.74) is 2.12. The molecule has 0 aromatic heterocycles. The van der Waals surface area contributed by atoms with Gasteiger partial charge in [-0.3, -0.25) is 0 Å². The monoisotopic (exact) mass is 238 g/mol. The van der Waals surface area contributed by atoms with Crippen molar-refractivity contribution in [2.75, 3.05) is 0 Å². The molecule has 0 unspecified atom stereocenters. The number of rotatable bonds is 0. The van der Waals surface area contributed by atoms with Crippen molar-refractivity contribution in [2.45, 2.75) is 13.8 Å². The molecule has 0 spiro atoms. The Kier molecular flexibility index (Phi) is 2.20. The lowest BCUT2D eigenvalue weighted by atomic mass is 9.98. The van der Waals surface area contributed by atoms with Crippen LogP contribution >= 0.6 is 0 Å². The number of hydrogen-bond acceptors (Lipinski definition) is 2. The van der Waals surface area contributed by atoms with Gasteiger partial charge in [-0.25, -0.2) is 0 Å². The van der Waals surface area contributed by atoms with Gasteiger partial charge in [0.2, 0.25) is 0 Å². The molecule has 2 heteroatoms. The smallest absolute Gasteiger partial charge is 0.131 e. The first kappa shape index (κ1) is 10.9. The maximum atomic E-state index is 10.4. The molecule has 3 rings (SSSR count). The van der Waals surface area contributed by atoms with Gasteiger partial charge in [0.25, 0.3) is 0 Å². The molecule has 3 aromatic rings. The molecule has 3 aromatic carbocycles. The van der Waals surface area contributed by atoms with E-state index in [-0.39, 0.29) is 11.5 Å². The van der Waals surface area contributed by atoms with Crippen molar-refractivity contribution in [3.8, 4) is 11.5 Å². The first-order valence-electron chi connectivity index (χ1n) is 5.92. The van der Waals surface area contributed by atoms with Gasteiger partial charge in [-0.2, -0.15) is 0 Å². The van der Waals surface area contributed by atoms with E-state index in [1.807, 2.05) is 50.2 Å². The summed E-state index contributed by atoms with van der Waals surface area (Å²) in [6.07, 6.45) is 0. The van der Waals surface area contributed by atoms with Crippen LogP contribution in [0.2, 0.25) is 0 Å². The van der Waals surface area contributed by atoms with E-state index in [2.05, 4.69) is 0 Å². The number of aryl methyl sites for hydroxylation is 2. The van der Waals surface area contributed by atoms with E-state index < -0.39 is 0 Å². The largest absolute Gasteiger partial charge is 0.507 e. The Bertz CT molecular complexity index is 710. The Labute approximate surface area is 105 Å². The van der Waals surface area contributed by atoms with E-state index in [0.717, 1.165) is 11.1 Å². The molecule has 0 saturated carbocycles. The van der Waals surface area contributed by atoms with Crippen LogP contribution in [0.15, 0.2) is 36.4 Å². The fraction of sp³-hybridized carbons (Fsp3) is 0.125. The summed E-state index contributed by atoms with van der Waals surface area (Å²) in [7, 11) is 0. The quantitative estimate of drug-likeness (QED) is 0.458. The summed E-state index contributed by atoms with van der Waals surface area (Å²) in [4.78, 5) is 0. The van der Waals surface area contributed by atoms with Crippen molar-refractivity contribution >= 4 is 21.5 Å². The molecule has 18 heavy (non-hydrogen) atoms. The maximum Gasteiger partial charge on any atom is 0.131 e. The molecule has 0 fully saturated rings. The number of hydrogen-bond donors (Lipinski definition) is 2. The second-order valence-corrected chi connectivity index (χ2v) is 4.80. The Morgan fingerprint density at radius 2 is 1.00 bits per heavy atom. The summed E-state index contributed by atoms with van der Waals surface area (Å²) in [6, 6.07) is 11.3. The lowest BCUT2D eigenvalue weighted by molar-refractivity contribution is 0.478. The summed E-state index contributed by atoms with van der Waals surface area (Å²) in [5.74, 6) is 0.475. The van der Waals surface area contributed by atoms with Gasteiger partial charge in [0.1, 0.15) is 11.5 Å². The van der Waals surface area contributed by atoms with Crippen LogP contribution in [-0.4, -0.2) is 10.2 Å². The van der Waals surface area contributed by atoms with Crippen LogP contribution in [-0.2, 0) is 0 Å². The minimum absolute atomic E-state index is 0.234. The molecule has 2 nitrogen and oxygen atoms in total. The van der Waals surface area contributed by atoms with Gasteiger partial charge >= 0.3 is 0 Å². The van der Waals surface area contributed by atoms with E-state index in [1.54, 1.807) is 0 Å². The van der Waals surface area contributed by atoms with Crippen LogP contribution in [0.25, 0.3) is 21.5 Å². The average molecular weight is 238 g/mol. The third-order valence-corrected chi connectivity index (χ3v) is 3.37. The highest BCUT2D eigenvalue weighted by Crippen LogP contribution is 2.41. The summed E-state index contributed by atoms with van der Waals surface area (Å²) in [6.45, 7) is 3.94. The predicted molar refractivity (Wildman–Crippen MR) is 74.3 cm³/mol. The Hall–Kier alpha value is -2.22. The minimum atomic E-state index is 0.234. The number of phenols is 2. The first-order valence-corrected chi connectivity index (χ1v) is 5.92. The third kappa shape index (κ3) is 1.42. The normalized spacial score (nSPS) is 11.2. The van der Waals surface area contributed by atoms with Crippen molar-refractivity contribution < 1.29 is 10.2 Å². The van der Waals surface area contributed by atoms with Crippen molar-refractivity contribution in [2.24, 2.45) is 0 Å². The summed E-state index contributed by atoms with van der Waals surface area (Å²) >= 11 is 0. The van der Waals surface area contributed by atoms with Gasteiger partial charge in [-0.1, -0.05) is 35.4 Å². The molecule has 0 heterocycles. The Morgan fingerprint density at radius 1 is 0.611 bits per heavy atom. The van der Waals surface area contributed by atoms with Crippen molar-refractivity contribution in [1.29, 1.82) is 0 Å². The van der Waals surface area contributed by atoms with Crippen LogP contribution < -0.4 is 0 Å². The zero-order valence-electron chi connectivity index (χ0n) is 10.4. The van der Waals surface area contributed by atoms with E-state index in [9.17, 15) is 10.2 Å². The third-order valence-electron chi connectivity index (χ3n) is 3.37. The van der Waals surface area contributed by atoms with Gasteiger partial charge in [0.05, 0.1) is 0 Å². The number of aromatic hydroxyl groups is 2. The molecule has 0 saturated heterocycles. The Morgan fingerprint density at radius 3 is 1.44 bits per heavy atom. The lowest BCUT2D eigenvalue weighted by Gasteiger charge is -2.10. The highest BCUT2D eigenvalue weighted by Gasteiger charge is 2.12. The van der Waals surface area contributed by atoms with Crippen LogP contribution in [0.1, 0.15) is 11.1 Å². The molecule has 0 aliphatic carbocycles. The van der Waals surface area contributed by atoms with Gasteiger partial charge in [-0.05, 0) is 26.0 Å². The topological polar surface area (TPSA) is 40.5 Å². The molecular formula is C16H14O2. The molecule has 0 aliphatic rings. The fourth-order valence-electron chi connectivity index (χ4n) is 2.41. The highest BCUT2D eigenvalue weighted by atomic mass is 16.3. The summed E-state index contributed by atoms with van der Waals surface area (Å²) in [5, 5.41) is 23.5. The SMILES string of the molecule is Cc1ccc2c(O)c3ccc(C)cc3c(O)c2c1. The van der Waals surface area contributed by atoms with Gasteiger partial charge in [0.15, 0.2) is 0 Å². The van der Waals surface area contributed by atoms with Gasteiger partial charge in [0, 0.05) is 21.5 Å². The predicted octanol–water partition coefficient (Wildman–Crippen LogP) is 4.02. The lowest BCUT2D eigenvalue weighted by Crippen LogP contribution is -1.83. The Balaban J connectivity index is 2.61. The molecule has 0 radical (unpaired) electrons. The molecule has 0 aliphatic heterocycles. The molecule has 0 bridgehead atoms. The second-order valence-electron chi connectivity index (χ2n) is 4.80. The molecule has 90 valence electrons. The first-order chi connectivity index (χ1) is 8.58. The van der Waals surface area contributed by atoms with Gasteiger partial charge in [-0.15, -0.1) is 0 Å². The van der Waals surface area contributed by atoms with Crippen molar-refractivity contribution in [3.05, 3.63) is 47.5 Å². The van der Waals surface area contributed by atoms with Crippen LogP contribution in [0.3, 0.4) is 0 Å². The van der Waals surface area contributed by atoms with E-state index in [0.29, 0.717) is 21.5 Å². The second kappa shape index (κ2) is 3.64. The zero-order valence-corrected chi connectivity index (χ0v) is 10.4. The number of fused-ring (bicyclic) bond motifs is 2. The maximum absolute atomic E-state index is 10.4. The number of phenolic OH excluding ortho intramolecular Hbond substituents is 2. The van der Waals surface area contributed by atoms with Crippen LogP contribution in [0, 0.1) is 13.8 Å². The van der Waals surface area contributed by atoms with E-state index in [1.165, 1.54) is 0 Å². The molecule has 0 amide bonds. The van der Waals surface area contributed by atoms with Crippen LogP contribution in [0.5, 0.6) is 11.5 Å². The van der Waals surface area contributed by atoms with Crippen molar-refractivity contribution in [1.82, 2.24) is 0 Å². The standard InChI is InChI=1S/C16H14O2/c1-9-3-5-11-13(7-9)16(18)14-8-10(2)4-6-12(14)15(11)17/h3-8,17-18H,1-2H3. The minimum Gasteiger partial charge on any atom is -0.507 e.